The molecule has 0 unspecified atom stereocenters. The highest BCUT2D eigenvalue weighted by molar-refractivity contribution is 8.03. The van der Waals surface area contributed by atoms with Gasteiger partial charge in [-0.25, -0.2) is 16.8 Å². The first-order valence-electron chi connectivity index (χ1n) is 14.5. The summed E-state index contributed by atoms with van der Waals surface area (Å²) < 4.78 is 118. The van der Waals surface area contributed by atoms with E-state index in [1.54, 1.807) is 10.6 Å². The van der Waals surface area contributed by atoms with Gasteiger partial charge in [0.05, 0.1) is 0 Å². The second-order valence-corrected chi connectivity index (χ2v) is 20.6. The van der Waals surface area contributed by atoms with Crippen LogP contribution in [0.2, 0.25) is 0 Å². The second kappa shape index (κ2) is 15.3. The minimum atomic E-state index is -6.09. The Balaban J connectivity index is 0.000000294. The van der Waals surface area contributed by atoms with Crippen LogP contribution in [0, 0.1) is 0 Å². The first kappa shape index (κ1) is 39.2. The smallest absolute Gasteiger partial charge is 0.485 e. The molecule has 0 bridgehead atoms. The van der Waals surface area contributed by atoms with E-state index in [1.807, 2.05) is 0 Å². The van der Waals surface area contributed by atoms with E-state index in [4.69, 9.17) is 25.9 Å². The van der Waals surface area contributed by atoms with E-state index in [0.29, 0.717) is 0 Å². The molecule has 1 aliphatic rings. The van der Waals surface area contributed by atoms with Crippen molar-refractivity contribution < 1.29 is 52.3 Å². The Hall–Kier alpha value is -3.64. The normalized spacial score (nSPS) is 15.3. The van der Waals surface area contributed by atoms with E-state index in [0.717, 1.165) is 0 Å². The molecule has 5 aromatic rings. The Morgan fingerprint density at radius 3 is 0.760 bits per heavy atom. The molecule has 264 valence electrons. The lowest BCUT2D eigenvalue weighted by Crippen LogP contribution is -2.50. The molecular weight excluding hydrogens is 744 g/mol. The maximum absolute atomic E-state index is 10.7. The monoisotopic (exact) mass is 772 g/mol. The van der Waals surface area contributed by atoms with E-state index < -0.39 is 45.8 Å². The third-order valence-corrected chi connectivity index (χ3v) is 18.4. The van der Waals surface area contributed by atoms with Crippen molar-refractivity contribution in [3.8, 4) is 0 Å². The summed E-state index contributed by atoms with van der Waals surface area (Å²) in [6.45, 7) is 0. The number of halogens is 6. The largest absolute Gasteiger partial charge is 0.741 e. The molecule has 0 fully saturated rings. The van der Waals surface area contributed by atoms with Gasteiger partial charge in [-0.2, -0.15) is 26.3 Å². The van der Waals surface area contributed by atoms with Crippen molar-refractivity contribution in [1.82, 2.24) is 0 Å². The Bertz CT molecular complexity index is 1850. The van der Waals surface area contributed by atoms with Gasteiger partial charge in [-0.3, -0.25) is 0 Å². The van der Waals surface area contributed by atoms with Crippen LogP contribution in [0.1, 0.15) is 0 Å². The van der Waals surface area contributed by atoms with E-state index in [9.17, 15) is 26.3 Å². The van der Waals surface area contributed by atoms with Crippen LogP contribution in [0.25, 0.3) is 0 Å². The van der Waals surface area contributed by atoms with Gasteiger partial charge < -0.3 is 9.11 Å². The second-order valence-electron chi connectivity index (χ2n) is 10.7. The molecule has 0 aromatic heterocycles. The molecule has 0 amide bonds. The fraction of sp³-hybridized carbons (Fsp3) is 0.118. The molecule has 0 atom stereocenters. The fourth-order valence-electron chi connectivity index (χ4n) is 5.75. The molecule has 1 aliphatic heterocycles. The highest BCUT2D eigenvalue weighted by atomic mass is 32.2. The molecule has 5 aromatic carbocycles. The molecule has 50 heavy (non-hydrogen) atoms. The van der Waals surface area contributed by atoms with E-state index >= 15 is 0 Å². The van der Waals surface area contributed by atoms with Crippen LogP contribution in [-0.2, 0) is 20.2 Å². The van der Waals surface area contributed by atoms with Crippen molar-refractivity contribution in [1.29, 1.82) is 0 Å². The van der Waals surface area contributed by atoms with Crippen molar-refractivity contribution in [2.75, 3.05) is 12.3 Å². The van der Waals surface area contributed by atoms with E-state index in [-0.39, 0.29) is 0 Å². The summed E-state index contributed by atoms with van der Waals surface area (Å²) in [7, 11) is -15.7. The van der Waals surface area contributed by atoms with Crippen molar-refractivity contribution in [3.63, 3.8) is 0 Å². The van der Waals surface area contributed by atoms with Crippen molar-refractivity contribution in [2.45, 2.75) is 11.0 Å². The number of hydrogen-bond acceptors (Lipinski definition) is 6. The molecule has 16 heteroatoms. The number of fused-ring (bicyclic) bond motifs is 1. The third-order valence-electron chi connectivity index (χ3n) is 7.83. The fourth-order valence-corrected chi connectivity index (χ4v) is 16.7. The van der Waals surface area contributed by atoms with Crippen molar-refractivity contribution >= 4 is 66.6 Å². The average Bonchev–Trinajstić information content (AvgIpc) is 3.08. The van der Waals surface area contributed by atoms with Crippen LogP contribution in [0.3, 0.4) is 0 Å². The first-order valence-corrected chi connectivity index (χ1v) is 21.3. The molecule has 0 N–H and O–H groups in total. The molecule has 0 radical (unpaired) electrons. The Morgan fingerprint density at radius 1 is 0.400 bits per heavy atom. The number of rotatable bonds is 4. The lowest BCUT2D eigenvalue weighted by molar-refractivity contribution is -0.0522. The van der Waals surface area contributed by atoms with Gasteiger partial charge in [0.15, 0.2) is 20.2 Å². The van der Waals surface area contributed by atoms with Crippen LogP contribution in [0.4, 0.5) is 26.3 Å². The number of benzene rings is 5. The highest BCUT2D eigenvalue weighted by Crippen LogP contribution is 2.67. The molecule has 6 nitrogen and oxygen atoms in total. The SMILES string of the molecule is O=S(=O)([O-])C(F)(F)F.O=S(=O)([O-])C(F)(F)F.c1ccc([P+]2(c3ccccc3)CC[P+](c3ccccc3)(c3ccccc3)c3ccccc32)cc1. The lowest BCUT2D eigenvalue weighted by Gasteiger charge is -2.38. The first-order chi connectivity index (χ1) is 23.4. The highest BCUT2D eigenvalue weighted by Gasteiger charge is 2.61. The summed E-state index contributed by atoms with van der Waals surface area (Å²) in [5.41, 5.74) is -11.3. The molecular formula is C34H28F6O6P2S2. The topological polar surface area (TPSA) is 114 Å². The van der Waals surface area contributed by atoms with E-state index in [1.165, 1.54) is 33.5 Å². The van der Waals surface area contributed by atoms with E-state index in [2.05, 4.69) is 146 Å². The van der Waals surface area contributed by atoms with Crippen molar-refractivity contribution in [3.05, 3.63) is 146 Å². The Morgan fingerprint density at radius 2 is 0.580 bits per heavy atom. The summed E-state index contributed by atoms with van der Waals surface area (Å²) in [5, 5.41) is 9.11. The van der Waals surface area contributed by atoms with Crippen LogP contribution in [0.5, 0.6) is 0 Å². The third kappa shape index (κ3) is 8.28. The van der Waals surface area contributed by atoms with Crippen LogP contribution in [-0.4, -0.2) is 49.3 Å². The van der Waals surface area contributed by atoms with Crippen molar-refractivity contribution in [2.24, 2.45) is 0 Å². The molecule has 0 spiro atoms. The quantitative estimate of drug-likeness (QED) is 0.105. The van der Waals surface area contributed by atoms with Gasteiger partial charge in [0.2, 0.25) is 0 Å². The van der Waals surface area contributed by atoms with Gasteiger partial charge in [0.25, 0.3) is 0 Å². The van der Waals surface area contributed by atoms with Crippen LogP contribution >= 0.6 is 14.5 Å². The van der Waals surface area contributed by atoms with Gasteiger partial charge in [-0.15, -0.1) is 0 Å². The van der Waals surface area contributed by atoms with Gasteiger partial charge in [0, 0.05) is 0 Å². The lowest BCUT2D eigenvalue weighted by atomic mass is 10.3. The standard InChI is InChI=1S/C32H28P2.2CHF3O3S/c1-5-15-27(16-6-1)33(28-17-7-2-8-18-28)25-26-34(29-19-9-3-10-20-29,30-21-11-4-12-22-30)32-24-14-13-23-31(32)33;2*2-1(3,4)8(5,6)7/h1-24H,25-26H2;2*(H,5,6,7)/q+2;;/p-2. The van der Waals surface area contributed by atoms with Gasteiger partial charge in [0.1, 0.15) is 58.7 Å². The summed E-state index contributed by atoms with van der Waals surface area (Å²) in [6, 6.07) is 54.7. The minimum absolute atomic E-state index is 1.19. The Kier molecular flexibility index (Phi) is 12.0. The molecule has 0 saturated carbocycles. The maximum Gasteiger partial charge on any atom is 0.485 e. The number of hydrogen-bond donors (Lipinski definition) is 0. The zero-order valence-electron chi connectivity index (χ0n) is 25.7. The van der Waals surface area contributed by atoms with Gasteiger partial charge in [-0.05, 0) is 60.7 Å². The summed E-state index contributed by atoms with van der Waals surface area (Å²) in [4.78, 5) is 0. The molecule has 6 rings (SSSR count). The van der Waals surface area contributed by atoms with Crippen LogP contribution in [0.15, 0.2) is 146 Å². The van der Waals surface area contributed by atoms with Gasteiger partial charge in [-0.1, -0.05) is 84.9 Å². The number of alkyl halides is 6. The summed E-state index contributed by atoms with van der Waals surface area (Å²) >= 11 is 0. The van der Waals surface area contributed by atoms with Gasteiger partial charge >= 0.3 is 11.0 Å². The zero-order valence-corrected chi connectivity index (χ0v) is 29.1. The van der Waals surface area contributed by atoms with Crippen LogP contribution < -0.4 is 31.8 Å². The predicted octanol–water partition coefficient (Wildman–Crippen LogP) is 5.39. The maximum atomic E-state index is 10.7. The summed E-state index contributed by atoms with van der Waals surface area (Å²) in [5.74, 6) is 0. The molecule has 0 aliphatic carbocycles. The molecule has 1 heterocycles. The molecule has 0 saturated heterocycles. The summed E-state index contributed by atoms with van der Waals surface area (Å²) in [6.07, 6.45) is 2.38. The zero-order chi connectivity index (χ0) is 36.8. The average molecular weight is 773 g/mol. The Labute approximate surface area is 287 Å². The predicted molar refractivity (Wildman–Crippen MR) is 185 cm³/mol. The minimum Gasteiger partial charge on any atom is -0.741 e.